The van der Waals surface area contributed by atoms with E-state index in [2.05, 4.69) is 10.3 Å². The maximum Gasteiger partial charge on any atom is 0.334 e. The number of pyridine rings is 1. The van der Waals surface area contributed by atoms with E-state index >= 15 is 0 Å². The van der Waals surface area contributed by atoms with Gasteiger partial charge in [-0.2, -0.15) is 0 Å². The summed E-state index contributed by atoms with van der Waals surface area (Å²) in [7, 11) is -4.09. The highest BCUT2D eigenvalue weighted by molar-refractivity contribution is 7.91. The zero-order valence-corrected chi connectivity index (χ0v) is 11.5. The molecule has 1 aliphatic rings. The minimum absolute atomic E-state index is 0.0735. The minimum atomic E-state index is -4.09. The Hall–Kier alpha value is -2.70. The van der Waals surface area contributed by atoms with Crippen LogP contribution in [0.25, 0.3) is 0 Å². The fourth-order valence-corrected chi connectivity index (χ4v) is 2.85. The zero-order chi connectivity index (χ0) is 15.3. The summed E-state index contributed by atoms with van der Waals surface area (Å²) in [6.07, 6.45) is 7.05. The first-order valence-corrected chi connectivity index (χ1v) is 7.41. The Morgan fingerprint density at radius 1 is 1.29 bits per heavy atom. The number of carbonyl (C=O) groups is 1. The lowest BCUT2D eigenvalue weighted by Gasteiger charge is -2.15. The van der Waals surface area contributed by atoms with Crippen LogP contribution in [0.4, 0.5) is 10.6 Å². The van der Waals surface area contributed by atoms with Gasteiger partial charge in [0.15, 0.2) is 0 Å². The molecule has 1 atom stereocenters. The first kappa shape index (κ1) is 14.7. The van der Waals surface area contributed by atoms with Crippen LogP contribution < -0.4 is 10.0 Å². The SMILES string of the molecule is O=C=C1C=CC=CC1S(=O)(=O)NC(=O)Nc1ccccn1. The Morgan fingerprint density at radius 3 is 2.76 bits per heavy atom. The van der Waals surface area contributed by atoms with Crippen molar-refractivity contribution in [2.75, 3.05) is 5.32 Å². The molecule has 0 aromatic carbocycles. The van der Waals surface area contributed by atoms with Crippen LogP contribution >= 0.6 is 0 Å². The van der Waals surface area contributed by atoms with Crippen LogP contribution in [0.5, 0.6) is 0 Å². The maximum atomic E-state index is 12.1. The molecule has 108 valence electrons. The minimum Gasteiger partial charge on any atom is -0.292 e. The van der Waals surface area contributed by atoms with Crippen molar-refractivity contribution in [2.24, 2.45) is 0 Å². The molecule has 1 heterocycles. The Balaban J connectivity index is 2.11. The van der Waals surface area contributed by atoms with Crippen molar-refractivity contribution >= 4 is 27.8 Å². The normalized spacial score (nSPS) is 17.1. The van der Waals surface area contributed by atoms with Crippen molar-refractivity contribution in [3.8, 4) is 0 Å². The largest absolute Gasteiger partial charge is 0.334 e. The second-order valence-corrected chi connectivity index (χ2v) is 5.84. The van der Waals surface area contributed by atoms with Crippen molar-refractivity contribution in [3.63, 3.8) is 0 Å². The van der Waals surface area contributed by atoms with Gasteiger partial charge in [-0.05, 0) is 18.2 Å². The molecular formula is C13H11N3O4S. The molecule has 0 saturated heterocycles. The van der Waals surface area contributed by atoms with Crippen LogP contribution in [0.15, 0.2) is 54.3 Å². The van der Waals surface area contributed by atoms with E-state index in [1.165, 1.54) is 36.6 Å². The van der Waals surface area contributed by atoms with Crippen LogP contribution in [0.2, 0.25) is 0 Å². The van der Waals surface area contributed by atoms with Gasteiger partial charge in [-0.3, -0.25) is 5.32 Å². The van der Waals surface area contributed by atoms with E-state index in [-0.39, 0.29) is 11.4 Å². The molecule has 2 rings (SSSR count). The summed E-state index contributed by atoms with van der Waals surface area (Å²) in [4.78, 5) is 26.3. The second-order valence-electron chi connectivity index (χ2n) is 4.04. The molecule has 21 heavy (non-hydrogen) atoms. The lowest BCUT2D eigenvalue weighted by Crippen LogP contribution is -2.41. The molecular weight excluding hydrogens is 294 g/mol. The molecule has 1 aliphatic carbocycles. The molecule has 0 spiro atoms. The number of aromatic nitrogens is 1. The summed E-state index contributed by atoms with van der Waals surface area (Å²) in [5, 5.41) is 1.02. The lowest BCUT2D eigenvalue weighted by atomic mass is 10.1. The number of hydrogen-bond donors (Lipinski definition) is 2. The standard InChI is InChI=1S/C13H11N3O4S/c17-9-10-5-1-2-6-11(10)21(19,20)16-13(18)15-12-7-3-4-8-14-12/h1-8,11H,(H2,14,15,16,18). The van der Waals surface area contributed by atoms with E-state index in [4.69, 9.17) is 0 Å². The van der Waals surface area contributed by atoms with Gasteiger partial charge in [-0.1, -0.05) is 24.3 Å². The number of anilines is 1. The van der Waals surface area contributed by atoms with Crippen LogP contribution in [0.1, 0.15) is 0 Å². The van der Waals surface area contributed by atoms with E-state index in [1.54, 1.807) is 18.1 Å². The molecule has 1 aromatic heterocycles. The van der Waals surface area contributed by atoms with E-state index in [0.717, 1.165) is 0 Å². The predicted octanol–water partition coefficient (Wildman–Crippen LogP) is 0.785. The number of nitrogens with zero attached hydrogens (tertiary/aromatic N) is 1. The number of carbonyl (C=O) groups excluding carboxylic acids is 2. The summed E-state index contributed by atoms with van der Waals surface area (Å²) in [6, 6.07) is 3.84. The Bertz CT molecular complexity index is 747. The van der Waals surface area contributed by atoms with Crippen molar-refractivity contribution in [3.05, 3.63) is 54.3 Å². The van der Waals surface area contributed by atoms with Crippen LogP contribution in [0, 0.1) is 0 Å². The zero-order valence-electron chi connectivity index (χ0n) is 10.7. The third kappa shape index (κ3) is 3.65. The predicted molar refractivity (Wildman–Crippen MR) is 76.6 cm³/mol. The molecule has 2 N–H and O–H groups in total. The van der Waals surface area contributed by atoms with Gasteiger partial charge < -0.3 is 0 Å². The number of urea groups is 1. The van der Waals surface area contributed by atoms with E-state index in [9.17, 15) is 18.0 Å². The summed E-state index contributed by atoms with van der Waals surface area (Å²) in [5.74, 6) is 1.75. The molecule has 0 bridgehead atoms. The molecule has 1 aromatic rings. The summed E-state index contributed by atoms with van der Waals surface area (Å²) in [5.41, 5.74) is -0.0735. The first-order valence-electron chi connectivity index (χ1n) is 5.86. The van der Waals surface area contributed by atoms with E-state index in [1.807, 2.05) is 4.72 Å². The van der Waals surface area contributed by atoms with Gasteiger partial charge in [0.25, 0.3) is 0 Å². The fourth-order valence-electron chi connectivity index (χ4n) is 1.66. The average molecular weight is 305 g/mol. The van der Waals surface area contributed by atoms with Crippen molar-refractivity contribution in [2.45, 2.75) is 5.25 Å². The Kier molecular flexibility index (Phi) is 4.32. The third-order valence-corrected chi connectivity index (χ3v) is 4.12. The molecule has 0 fully saturated rings. The number of hydrogen-bond acceptors (Lipinski definition) is 5. The van der Waals surface area contributed by atoms with Crippen molar-refractivity contribution < 1.29 is 18.0 Å². The first-order chi connectivity index (χ1) is 10.0. The number of nitrogens with one attached hydrogen (secondary N) is 2. The molecule has 7 nitrogen and oxygen atoms in total. The number of allylic oxidation sites excluding steroid dienone is 3. The van der Waals surface area contributed by atoms with Crippen LogP contribution in [-0.4, -0.2) is 30.6 Å². The highest BCUT2D eigenvalue weighted by Crippen LogP contribution is 2.16. The van der Waals surface area contributed by atoms with Gasteiger partial charge in [0.1, 0.15) is 17.0 Å². The highest BCUT2D eigenvalue weighted by atomic mass is 32.2. The molecule has 8 heteroatoms. The Morgan fingerprint density at radius 2 is 2.10 bits per heavy atom. The molecule has 2 amide bonds. The topological polar surface area (TPSA) is 105 Å². The average Bonchev–Trinajstić information content (AvgIpc) is 2.47. The molecule has 0 radical (unpaired) electrons. The van der Waals surface area contributed by atoms with Crippen molar-refractivity contribution in [1.82, 2.24) is 9.71 Å². The highest BCUT2D eigenvalue weighted by Gasteiger charge is 2.29. The smallest absolute Gasteiger partial charge is 0.292 e. The number of rotatable bonds is 3. The van der Waals surface area contributed by atoms with Crippen molar-refractivity contribution in [1.29, 1.82) is 0 Å². The van der Waals surface area contributed by atoms with Gasteiger partial charge in [0.2, 0.25) is 10.0 Å². The maximum absolute atomic E-state index is 12.1. The van der Waals surface area contributed by atoms with Gasteiger partial charge in [-0.25, -0.2) is 27.7 Å². The molecule has 1 unspecified atom stereocenters. The van der Waals surface area contributed by atoms with Crippen LogP contribution in [0.3, 0.4) is 0 Å². The van der Waals surface area contributed by atoms with E-state index in [0.29, 0.717) is 0 Å². The third-order valence-electron chi connectivity index (χ3n) is 2.57. The molecule has 0 saturated carbocycles. The monoisotopic (exact) mass is 305 g/mol. The summed E-state index contributed by atoms with van der Waals surface area (Å²) in [6.45, 7) is 0. The van der Waals surface area contributed by atoms with E-state index < -0.39 is 21.3 Å². The number of sulfonamides is 1. The Labute approximate surface area is 121 Å². The summed E-state index contributed by atoms with van der Waals surface area (Å²) >= 11 is 0. The quantitative estimate of drug-likeness (QED) is 0.803. The van der Waals surface area contributed by atoms with Gasteiger partial charge >= 0.3 is 6.03 Å². The van der Waals surface area contributed by atoms with Gasteiger partial charge in [0, 0.05) is 6.20 Å². The van der Waals surface area contributed by atoms with Gasteiger partial charge in [0.05, 0.1) is 5.57 Å². The number of amides is 2. The van der Waals surface area contributed by atoms with Gasteiger partial charge in [-0.15, -0.1) is 0 Å². The van der Waals surface area contributed by atoms with Crippen LogP contribution in [-0.2, 0) is 14.8 Å². The fraction of sp³-hybridized carbons (Fsp3) is 0.0769. The summed E-state index contributed by atoms with van der Waals surface area (Å²) < 4.78 is 26.0. The molecule has 0 aliphatic heterocycles. The lowest BCUT2D eigenvalue weighted by molar-refractivity contribution is 0.256. The second kappa shape index (κ2) is 6.17.